The van der Waals surface area contributed by atoms with Gasteiger partial charge in [-0.15, -0.1) is 0 Å². The van der Waals surface area contributed by atoms with Crippen LogP contribution in [0.2, 0.25) is 0 Å². The van der Waals surface area contributed by atoms with Gasteiger partial charge in [-0.2, -0.15) is 10.1 Å². The van der Waals surface area contributed by atoms with Gasteiger partial charge in [-0.25, -0.2) is 9.18 Å². The zero-order chi connectivity index (χ0) is 20.7. The number of hydrogen-bond donors (Lipinski definition) is 1. The van der Waals surface area contributed by atoms with Crippen molar-refractivity contribution in [2.45, 2.75) is 17.7 Å². The minimum atomic E-state index is -0.827. The maximum absolute atomic E-state index is 13.8. The number of ether oxygens (including phenoxy) is 2. The maximum Gasteiger partial charge on any atom is 0.432 e. The molecule has 2 aromatic rings. The van der Waals surface area contributed by atoms with E-state index in [4.69, 9.17) is 15.2 Å². The summed E-state index contributed by atoms with van der Waals surface area (Å²) in [6, 6.07) is 15.8. The molecule has 29 heavy (non-hydrogen) atoms. The summed E-state index contributed by atoms with van der Waals surface area (Å²) in [5.41, 5.74) is 7.29. The standard InChI is InChI=1S/C21H24FN3O3S/c1-27-13-14-28-20(26)25-21(11-6-12-23,17-8-3-2-4-9-17)29-19(24-25)16-7-5-10-18(22)15-16/h2-5,7-10,15H,6,11-14,23H2,1H3. The van der Waals surface area contributed by atoms with Crippen LogP contribution in [0.3, 0.4) is 0 Å². The van der Waals surface area contributed by atoms with Crippen LogP contribution in [-0.4, -0.2) is 43.0 Å². The van der Waals surface area contributed by atoms with Crippen LogP contribution in [0.4, 0.5) is 9.18 Å². The lowest BCUT2D eigenvalue weighted by molar-refractivity contribution is 0.0556. The van der Waals surface area contributed by atoms with E-state index in [0.717, 1.165) is 5.56 Å². The minimum absolute atomic E-state index is 0.114. The monoisotopic (exact) mass is 417 g/mol. The van der Waals surface area contributed by atoms with Gasteiger partial charge in [0.05, 0.1) is 6.61 Å². The van der Waals surface area contributed by atoms with E-state index in [1.165, 1.54) is 36.0 Å². The summed E-state index contributed by atoms with van der Waals surface area (Å²) >= 11 is 1.41. The van der Waals surface area contributed by atoms with Crippen molar-refractivity contribution < 1.29 is 18.7 Å². The van der Waals surface area contributed by atoms with Gasteiger partial charge in [0.2, 0.25) is 0 Å². The number of hydrazone groups is 1. The molecule has 0 aromatic heterocycles. The third kappa shape index (κ3) is 4.77. The Labute approximate surface area is 173 Å². The maximum atomic E-state index is 13.8. The van der Waals surface area contributed by atoms with Crippen LogP contribution in [0.1, 0.15) is 24.0 Å². The van der Waals surface area contributed by atoms with E-state index in [0.29, 0.717) is 30.0 Å². The molecule has 1 amide bonds. The van der Waals surface area contributed by atoms with Gasteiger partial charge in [0.25, 0.3) is 0 Å². The molecule has 0 saturated heterocycles. The quantitative estimate of drug-likeness (QED) is 0.659. The Morgan fingerprint density at radius 1 is 1.21 bits per heavy atom. The Hall–Kier alpha value is -2.42. The van der Waals surface area contributed by atoms with E-state index in [2.05, 4.69) is 5.10 Å². The van der Waals surface area contributed by atoms with Crippen LogP contribution < -0.4 is 5.73 Å². The Kier molecular flexibility index (Phi) is 7.24. The molecule has 8 heteroatoms. The number of methoxy groups -OCH3 is 1. The molecular weight excluding hydrogens is 393 g/mol. The van der Waals surface area contributed by atoms with Crippen molar-refractivity contribution in [2.24, 2.45) is 10.8 Å². The average Bonchev–Trinajstić information content (AvgIpc) is 3.14. The van der Waals surface area contributed by atoms with Crippen molar-refractivity contribution in [1.82, 2.24) is 5.01 Å². The summed E-state index contributed by atoms with van der Waals surface area (Å²) in [6.45, 7) is 0.869. The van der Waals surface area contributed by atoms with Crippen molar-refractivity contribution in [3.63, 3.8) is 0 Å². The highest BCUT2D eigenvalue weighted by Crippen LogP contribution is 2.50. The Morgan fingerprint density at radius 2 is 2.00 bits per heavy atom. The lowest BCUT2D eigenvalue weighted by Gasteiger charge is -2.35. The van der Waals surface area contributed by atoms with Crippen LogP contribution in [0, 0.1) is 5.82 Å². The van der Waals surface area contributed by atoms with Gasteiger partial charge in [0.1, 0.15) is 22.3 Å². The van der Waals surface area contributed by atoms with E-state index in [-0.39, 0.29) is 19.0 Å². The predicted molar refractivity (Wildman–Crippen MR) is 112 cm³/mol. The molecule has 0 bridgehead atoms. The van der Waals surface area contributed by atoms with E-state index < -0.39 is 11.0 Å². The second kappa shape index (κ2) is 9.87. The van der Waals surface area contributed by atoms with E-state index in [1.807, 2.05) is 30.3 Å². The molecule has 0 fully saturated rings. The zero-order valence-corrected chi connectivity index (χ0v) is 17.0. The number of nitrogens with zero attached hydrogens (tertiary/aromatic N) is 2. The highest BCUT2D eigenvalue weighted by molar-refractivity contribution is 8.15. The van der Waals surface area contributed by atoms with Gasteiger partial charge in [0, 0.05) is 12.7 Å². The molecule has 2 aromatic carbocycles. The third-order valence-corrected chi connectivity index (χ3v) is 5.96. The molecule has 2 N–H and O–H groups in total. The van der Waals surface area contributed by atoms with Gasteiger partial charge in [-0.3, -0.25) is 0 Å². The molecule has 6 nitrogen and oxygen atoms in total. The molecule has 0 saturated carbocycles. The molecule has 1 aliphatic rings. The number of amides is 1. The molecule has 0 spiro atoms. The zero-order valence-electron chi connectivity index (χ0n) is 16.2. The topological polar surface area (TPSA) is 77.2 Å². The van der Waals surface area contributed by atoms with Gasteiger partial charge in [0.15, 0.2) is 0 Å². The van der Waals surface area contributed by atoms with Crippen LogP contribution >= 0.6 is 11.8 Å². The fourth-order valence-corrected chi connectivity index (χ4v) is 4.51. The first kappa shape index (κ1) is 21.3. The summed E-state index contributed by atoms with van der Waals surface area (Å²) < 4.78 is 24.1. The number of rotatable bonds is 8. The first-order valence-corrected chi connectivity index (χ1v) is 10.2. The summed E-state index contributed by atoms with van der Waals surface area (Å²) in [5.74, 6) is -0.362. The highest BCUT2D eigenvalue weighted by atomic mass is 32.2. The predicted octanol–water partition coefficient (Wildman–Crippen LogP) is 3.91. The van der Waals surface area contributed by atoms with Gasteiger partial charge >= 0.3 is 6.09 Å². The number of thioether (sulfide) groups is 1. The highest BCUT2D eigenvalue weighted by Gasteiger charge is 2.49. The number of carbonyl (C=O) groups excluding carboxylic acids is 1. The smallest absolute Gasteiger partial charge is 0.432 e. The Bertz CT molecular complexity index is 865. The number of nitrogens with two attached hydrogens (primary N) is 1. The van der Waals surface area contributed by atoms with Gasteiger partial charge in [-0.05, 0) is 37.1 Å². The van der Waals surface area contributed by atoms with E-state index in [1.54, 1.807) is 12.1 Å². The molecule has 154 valence electrons. The molecule has 0 radical (unpaired) electrons. The number of hydrogen-bond acceptors (Lipinski definition) is 6. The second-order valence-corrected chi connectivity index (χ2v) is 7.75. The number of benzene rings is 2. The summed E-state index contributed by atoms with van der Waals surface area (Å²) in [7, 11) is 1.54. The lowest BCUT2D eigenvalue weighted by atomic mass is 10.0. The fraction of sp³-hybridized carbons (Fsp3) is 0.333. The van der Waals surface area contributed by atoms with Crippen LogP contribution in [-0.2, 0) is 14.3 Å². The molecule has 3 rings (SSSR count). The molecule has 1 heterocycles. The van der Waals surface area contributed by atoms with Crippen molar-refractivity contribution in [2.75, 3.05) is 26.9 Å². The van der Waals surface area contributed by atoms with Crippen LogP contribution in [0.15, 0.2) is 59.7 Å². The molecule has 1 unspecified atom stereocenters. The van der Waals surface area contributed by atoms with Crippen molar-refractivity contribution >= 4 is 22.9 Å². The third-order valence-electron chi connectivity index (χ3n) is 4.50. The fourth-order valence-electron chi connectivity index (χ4n) is 3.12. The largest absolute Gasteiger partial charge is 0.446 e. The normalized spacial score (nSPS) is 18.6. The van der Waals surface area contributed by atoms with Crippen LogP contribution in [0.25, 0.3) is 0 Å². The SMILES string of the molecule is COCCOC(=O)N1N=C(c2cccc(F)c2)SC1(CCCN)c1ccccc1. The Balaban J connectivity index is 2.02. The lowest BCUT2D eigenvalue weighted by Crippen LogP contribution is -2.42. The molecule has 0 aliphatic carbocycles. The van der Waals surface area contributed by atoms with E-state index in [9.17, 15) is 9.18 Å². The Morgan fingerprint density at radius 3 is 2.69 bits per heavy atom. The summed E-state index contributed by atoms with van der Waals surface area (Å²) in [4.78, 5) is 12.1. The van der Waals surface area contributed by atoms with Gasteiger partial charge in [-0.1, -0.05) is 54.2 Å². The van der Waals surface area contributed by atoms with Crippen molar-refractivity contribution in [1.29, 1.82) is 0 Å². The van der Waals surface area contributed by atoms with Gasteiger partial charge < -0.3 is 15.2 Å². The number of carbonyl (C=O) groups is 1. The molecule has 1 atom stereocenters. The minimum Gasteiger partial charge on any atom is -0.446 e. The summed E-state index contributed by atoms with van der Waals surface area (Å²) in [5, 5.41) is 6.46. The van der Waals surface area contributed by atoms with E-state index >= 15 is 0 Å². The first-order chi connectivity index (χ1) is 14.1. The van der Waals surface area contributed by atoms with Crippen LogP contribution in [0.5, 0.6) is 0 Å². The average molecular weight is 418 g/mol. The first-order valence-electron chi connectivity index (χ1n) is 9.36. The molecular formula is C21H24FN3O3S. The second-order valence-electron chi connectivity index (χ2n) is 6.48. The summed E-state index contributed by atoms with van der Waals surface area (Å²) in [6.07, 6.45) is 0.664. The molecule has 1 aliphatic heterocycles. The van der Waals surface area contributed by atoms with Crippen molar-refractivity contribution in [3.8, 4) is 0 Å². The van der Waals surface area contributed by atoms with Crippen molar-refractivity contribution in [3.05, 3.63) is 71.5 Å². The number of halogens is 1.